The molecule has 2 aromatic rings. The molecular weight excluding hydrogens is 330 g/mol. The molecule has 1 aliphatic rings. The van der Waals surface area contributed by atoms with Crippen LogP contribution in [-0.2, 0) is 21.2 Å². The largest absolute Gasteiger partial charge is 0.333 e. The van der Waals surface area contributed by atoms with Crippen molar-refractivity contribution in [3.05, 3.63) is 53.6 Å². The number of sulfonamides is 1. The number of benzene rings is 2. The van der Waals surface area contributed by atoms with Gasteiger partial charge in [0.1, 0.15) is 0 Å². The second-order valence-electron chi connectivity index (χ2n) is 5.47. The Bertz CT molecular complexity index is 921. The lowest BCUT2D eigenvalue weighted by Crippen LogP contribution is -2.34. The van der Waals surface area contributed by atoms with Crippen molar-refractivity contribution in [2.75, 3.05) is 10.6 Å². The van der Waals surface area contributed by atoms with Crippen molar-refractivity contribution in [1.29, 1.82) is 0 Å². The second kappa shape index (κ2) is 5.97. The maximum atomic E-state index is 12.1. The molecule has 3 amide bonds. The molecule has 24 heavy (non-hydrogen) atoms. The zero-order chi connectivity index (χ0) is 17.3. The predicted molar refractivity (Wildman–Crippen MR) is 89.3 cm³/mol. The monoisotopic (exact) mass is 345 g/mol. The lowest BCUT2D eigenvalue weighted by molar-refractivity contribution is -0.115. The summed E-state index contributed by atoms with van der Waals surface area (Å²) in [6.45, 7) is 1.84. The molecule has 3 rings (SSSR count). The molecular formula is C16H15N3O4S. The van der Waals surface area contributed by atoms with Crippen molar-refractivity contribution < 1.29 is 18.0 Å². The fourth-order valence-electron chi connectivity index (χ4n) is 2.36. The summed E-state index contributed by atoms with van der Waals surface area (Å²) < 4.78 is 26.3. The molecule has 0 radical (unpaired) electrons. The van der Waals surface area contributed by atoms with Crippen molar-refractivity contribution in [1.82, 2.24) is 4.72 Å². The van der Waals surface area contributed by atoms with E-state index in [1.165, 1.54) is 12.1 Å². The highest BCUT2D eigenvalue weighted by atomic mass is 32.2. The molecule has 0 unspecified atom stereocenters. The van der Waals surface area contributed by atoms with Gasteiger partial charge in [0.2, 0.25) is 5.91 Å². The number of amides is 3. The lowest BCUT2D eigenvalue weighted by Gasteiger charge is -2.10. The van der Waals surface area contributed by atoms with Crippen LogP contribution in [0.15, 0.2) is 47.4 Å². The summed E-state index contributed by atoms with van der Waals surface area (Å²) in [6.07, 6.45) is 0.230. The highest BCUT2D eigenvalue weighted by molar-refractivity contribution is 7.90. The van der Waals surface area contributed by atoms with E-state index in [0.717, 1.165) is 11.1 Å². The first-order chi connectivity index (χ1) is 11.3. The lowest BCUT2D eigenvalue weighted by atomic mass is 10.1. The highest BCUT2D eigenvalue weighted by Crippen LogP contribution is 2.26. The number of hydrogen-bond acceptors (Lipinski definition) is 4. The predicted octanol–water partition coefficient (Wildman–Crippen LogP) is 2.00. The van der Waals surface area contributed by atoms with Gasteiger partial charge < -0.3 is 10.6 Å². The number of nitrogens with one attached hydrogen (secondary N) is 3. The molecule has 7 nitrogen and oxygen atoms in total. The second-order valence-corrected chi connectivity index (χ2v) is 7.15. The van der Waals surface area contributed by atoms with Crippen LogP contribution in [0.3, 0.4) is 0 Å². The number of fused-ring (bicyclic) bond motifs is 1. The fourth-order valence-corrected chi connectivity index (χ4v) is 3.27. The van der Waals surface area contributed by atoms with Crippen LogP contribution < -0.4 is 15.4 Å². The fraction of sp³-hybridized carbons (Fsp3) is 0.125. The number of rotatable bonds is 3. The third kappa shape index (κ3) is 3.38. The summed E-state index contributed by atoms with van der Waals surface area (Å²) in [6, 6.07) is 10.2. The molecule has 0 atom stereocenters. The molecule has 124 valence electrons. The van der Waals surface area contributed by atoms with E-state index in [-0.39, 0.29) is 17.2 Å². The molecule has 0 spiro atoms. The minimum Gasteiger partial charge on any atom is -0.326 e. The molecule has 0 fully saturated rings. The van der Waals surface area contributed by atoms with Gasteiger partial charge >= 0.3 is 6.03 Å². The van der Waals surface area contributed by atoms with E-state index in [1.54, 1.807) is 30.3 Å². The van der Waals surface area contributed by atoms with Gasteiger partial charge in [-0.05, 0) is 42.8 Å². The van der Waals surface area contributed by atoms with E-state index in [2.05, 4.69) is 10.6 Å². The van der Waals surface area contributed by atoms with E-state index in [0.29, 0.717) is 11.4 Å². The van der Waals surface area contributed by atoms with Gasteiger partial charge in [0.05, 0.1) is 11.3 Å². The van der Waals surface area contributed by atoms with Crippen molar-refractivity contribution >= 4 is 33.3 Å². The SMILES string of the molecule is Cc1ccc(S(=O)(=O)NC(=O)Nc2ccc3c(c2)CC(=O)N3)cc1. The molecule has 0 aromatic heterocycles. The molecule has 1 aliphatic heterocycles. The summed E-state index contributed by atoms with van der Waals surface area (Å²) in [5.41, 5.74) is 2.76. The molecule has 0 saturated carbocycles. The number of carbonyl (C=O) groups excluding carboxylic acids is 2. The van der Waals surface area contributed by atoms with Gasteiger partial charge in [0.15, 0.2) is 0 Å². The van der Waals surface area contributed by atoms with Crippen LogP contribution in [-0.4, -0.2) is 20.4 Å². The van der Waals surface area contributed by atoms with Crippen molar-refractivity contribution in [3.63, 3.8) is 0 Å². The maximum Gasteiger partial charge on any atom is 0.333 e. The zero-order valence-corrected chi connectivity index (χ0v) is 13.6. The van der Waals surface area contributed by atoms with Crippen molar-refractivity contribution in [2.24, 2.45) is 0 Å². The molecule has 1 heterocycles. The van der Waals surface area contributed by atoms with Crippen molar-refractivity contribution in [2.45, 2.75) is 18.2 Å². The number of urea groups is 1. The third-order valence-corrected chi connectivity index (χ3v) is 4.89. The minimum absolute atomic E-state index is 0.00648. The number of anilines is 2. The van der Waals surface area contributed by atoms with Crippen LogP contribution in [0.5, 0.6) is 0 Å². The Labute approximate surface area is 139 Å². The van der Waals surface area contributed by atoms with Gasteiger partial charge in [0.25, 0.3) is 10.0 Å². The van der Waals surface area contributed by atoms with Crippen LogP contribution in [0.1, 0.15) is 11.1 Å². The Kier molecular flexibility index (Phi) is 3.98. The Hall–Kier alpha value is -2.87. The maximum absolute atomic E-state index is 12.1. The molecule has 2 aromatic carbocycles. The standard InChI is InChI=1S/C16H15N3O4S/c1-10-2-5-13(6-3-10)24(22,23)19-16(21)17-12-4-7-14-11(8-12)9-15(20)18-14/h2-8H,9H2,1H3,(H,18,20)(H2,17,19,21). The highest BCUT2D eigenvalue weighted by Gasteiger charge is 2.20. The zero-order valence-electron chi connectivity index (χ0n) is 12.8. The van der Waals surface area contributed by atoms with Crippen LogP contribution in [0, 0.1) is 6.92 Å². The van der Waals surface area contributed by atoms with Gasteiger partial charge in [-0.3, -0.25) is 4.79 Å². The third-order valence-electron chi connectivity index (χ3n) is 3.55. The molecule has 0 aliphatic carbocycles. The van der Waals surface area contributed by atoms with E-state index in [4.69, 9.17) is 0 Å². The van der Waals surface area contributed by atoms with Gasteiger partial charge in [-0.2, -0.15) is 0 Å². The van der Waals surface area contributed by atoms with Crippen LogP contribution in [0.25, 0.3) is 0 Å². The summed E-state index contributed by atoms with van der Waals surface area (Å²) in [5.74, 6) is -0.117. The van der Waals surface area contributed by atoms with Gasteiger partial charge in [0, 0.05) is 11.4 Å². The average molecular weight is 345 g/mol. The van der Waals surface area contributed by atoms with Crippen LogP contribution in [0.4, 0.5) is 16.2 Å². The summed E-state index contributed by atoms with van der Waals surface area (Å²) in [5, 5.41) is 5.13. The smallest absolute Gasteiger partial charge is 0.326 e. The topological polar surface area (TPSA) is 104 Å². The molecule has 3 N–H and O–H groups in total. The summed E-state index contributed by atoms with van der Waals surface area (Å²) in [7, 11) is -3.95. The van der Waals surface area contributed by atoms with E-state index in [9.17, 15) is 18.0 Å². The molecule has 8 heteroatoms. The normalized spacial score (nSPS) is 13.1. The summed E-state index contributed by atoms with van der Waals surface area (Å²) >= 11 is 0. The quantitative estimate of drug-likeness (QED) is 0.791. The number of aryl methyl sites for hydroxylation is 1. The van der Waals surface area contributed by atoms with Crippen LogP contribution >= 0.6 is 0 Å². The number of hydrogen-bond donors (Lipinski definition) is 3. The Morgan fingerprint density at radius 2 is 1.83 bits per heavy atom. The van der Waals surface area contributed by atoms with E-state index >= 15 is 0 Å². The Morgan fingerprint density at radius 3 is 2.54 bits per heavy atom. The number of carbonyl (C=O) groups is 2. The first-order valence-electron chi connectivity index (χ1n) is 7.17. The van der Waals surface area contributed by atoms with Crippen molar-refractivity contribution in [3.8, 4) is 0 Å². The average Bonchev–Trinajstić information content (AvgIpc) is 2.86. The van der Waals surface area contributed by atoms with E-state index in [1.807, 2.05) is 11.6 Å². The van der Waals surface area contributed by atoms with Crippen LogP contribution in [0.2, 0.25) is 0 Å². The Morgan fingerprint density at radius 1 is 1.12 bits per heavy atom. The molecule has 0 saturated heterocycles. The Balaban J connectivity index is 1.71. The molecule has 0 bridgehead atoms. The van der Waals surface area contributed by atoms with E-state index < -0.39 is 16.1 Å². The first kappa shape index (κ1) is 16.0. The first-order valence-corrected chi connectivity index (χ1v) is 8.65. The van der Waals surface area contributed by atoms with Gasteiger partial charge in [-0.1, -0.05) is 17.7 Å². The summed E-state index contributed by atoms with van der Waals surface area (Å²) in [4.78, 5) is 23.3. The minimum atomic E-state index is -3.95. The van der Waals surface area contributed by atoms with Gasteiger partial charge in [-0.25, -0.2) is 17.9 Å². The van der Waals surface area contributed by atoms with Gasteiger partial charge in [-0.15, -0.1) is 0 Å².